The number of thiophene rings is 1. The van der Waals surface area contributed by atoms with Crippen molar-refractivity contribution in [1.82, 2.24) is 0 Å². The summed E-state index contributed by atoms with van der Waals surface area (Å²) in [5.74, 6) is -0.823. The second kappa shape index (κ2) is 19.2. The molecule has 1 saturated heterocycles. The van der Waals surface area contributed by atoms with Crippen LogP contribution in [0, 0.1) is 18.7 Å². The van der Waals surface area contributed by atoms with E-state index in [4.69, 9.17) is 9.16 Å². The molecule has 1 aliphatic heterocycles. The molecule has 65 heavy (non-hydrogen) atoms. The molecule has 2 unspecified atom stereocenters. The van der Waals surface area contributed by atoms with Crippen LogP contribution in [0.2, 0.25) is 10.1 Å². The van der Waals surface area contributed by atoms with E-state index in [9.17, 15) is 19.4 Å². The first-order valence-corrected chi connectivity index (χ1v) is 27.3. The molecule has 0 bridgehead atoms. The zero-order chi connectivity index (χ0) is 46.0. The van der Waals surface area contributed by atoms with E-state index >= 15 is 0 Å². The zero-order valence-corrected chi connectivity index (χ0v) is 41.0. The molecular formula is C56H61FO5SSi2. The molecular weight excluding hydrogens is 860 g/mol. The lowest BCUT2D eigenvalue weighted by Gasteiger charge is -2.53. The summed E-state index contributed by atoms with van der Waals surface area (Å²) >= 11 is 1.69. The molecule has 1 aliphatic rings. The Balaban J connectivity index is 1.24. The summed E-state index contributed by atoms with van der Waals surface area (Å²) in [4.78, 5) is 15.7. The van der Waals surface area contributed by atoms with E-state index in [0.717, 1.165) is 47.9 Å². The number of hydrogen-bond donors (Lipinski definition) is 3. The molecule has 9 heteroatoms. The van der Waals surface area contributed by atoms with E-state index in [1.165, 1.54) is 17.0 Å². The van der Waals surface area contributed by atoms with Crippen molar-refractivity contribution >= 4 is 48.7 Å². The van der Waals surface area contributed by atoms with Gasteiger partial charge < -0.3 is 24.2 Å². The van der Waals surface area contributed by atoms with Crippen LogP contribution >= 0.6 is 11.3 Å². The van der Waals surface area contributed by atoms with Crippen LogP contribution in [0.15, 0.2) is 176 Å². The lowest BCUT2D eigenvalue weighted by Crippen LogP contribution is -2.71. The summed E-state index contributed by atoms with van der Waals surface area (Å²) in [6.45, 7) is 12.6. The number of hydrogen-bond acceptors (Lipinski definition) is 6. The van der Waals surface area contributed by atoms with E-state index in [-0.39, 0.29) is 12.4 Å². The Kier molecular flexibility index (Phi) is 13.8. The van der Waals surface area contributed by atoms with Crippen molar-refractivity contribution in [3.63, 3.8) is 0 Å². The fourth-order valence-corrected chi connectivity index (χ4v) is 19.8. The lowest BCUT2D eigenvalue weighted by molar-refractivity contribution is -0.209. The minimum atomic E-state index is -3.57. The van der Waals surface area contributed by atoms with Crippen LogP contribution in [0.5, 0.6) is 0 Å². The van der Waals surface area contributed by atoms with Gasteiger partial charge >= 0.3 is 0 Å². The summed E-state index contributed by atoms with van der Waals surface area (Å²) in [5.41, 5.74) is 4.12. The van der Waals surface area contributed by atoms with E-state index in [1.807, 2.05) is 109 Å². The lowest BCUT2D eigenvalue weighted by atomic mass is 9.78. The first-order valence-electron chi connectivity index (χ1n) is 22.7. The van der Waals surface area contributed by atoms with Crippen LogP contribution in [0.4, 0.5) is 4.39 Å². The quantitative estimate of drug-likeness (QED) is 0.0948. The van der Waals surface area contributed by atoms with Crippen LogP contribution in [-0.2, 0) is 15.6 Å². The first kappa shape index (κ1) is 46.7. The van der Waals surface area contributed by atoms with Gasteiger partial charge in [0, 0.05) is 22.1 Å². The van der Waals surface area contributed by atoms with Crippen LogP contribution in [0.25, 0.3) is 10.4 Å². The number of aryl methyl sites for hydroxylation is 1. The molecule has 2 heterocycles. The average Bonchev–Trinajstić information content (AvgIpc) is 3.79. The fraction of sp³-hybridized carbons (Fsp3) is 0.286. The summed E-state index contributed by atoms with van der Waals surface area (Å²) < 4.78 is 28.7. The van der Waals surface area contributed by atoms with Crippen molar-refractivity contribution in [2.24, 2.45) is 5.92 Å². The minimum Gasteiger partial charge on any atom is -0.424 e. The Hall–Kier alpha value is -4.82. The number of ether oxygens (including phenoxy) is 1. The van der Waals surface area contributed by atoms with Crippen LogP contribution in [0.1, 0.15) is 68.7 Å². The summed E-state index contributed by atoms with van der Waals surface area (Å²) in [6.07, 6.45) is -2.46. The number of halogens is 1. The standard InChI is InChI=1S/C56H61FO5SSi2/c1-39-27-28-41(35-42(39)36-44-33-34-51(63-44)40-29-31-43(57)32-30-40)53-49(37-56(5,6)64(60,45-19-11-7-12-20-45)46-21-13-8-14-22-46)52(59)54(50(38-58)61-53)62-65(55(2,3)4,47-23-15-9-16-24-47)48-25-17-10-18-26-48/h7-35,49-50,52-54,58-60H,36-38H2,1-6H3/t49?,50-,52-,53+,54?/m1/s1. The van der Waals surface area contributed by atoms with Gasteiger partial charge in [0.05, 0.1) is 18.8 Å². The molecule has 5 atom stereocenters. The van der Waals surface area contributed by atoms with Gasteiger partial charge in [-0.15, -0.1) is 11.3 Å². The molecule has 1 fully saturated rings. The number of benzene rings is 6. The minimum absolute atomic E-state index is 0.258. The fourth-order valence-electron chi connectivity index (χ4n) is 10.3. The topological polar surface area (TPSA) is 79.2 Å². The third-order valence-corrected chi connectivity index (χ3v) is 24.4. The molecule has 0 radical (unpaired) electrons. The molecule has 5 nitrogen and oxygen atoms in total. The molecule has 8 rings (SSSR count). The maximum Gasteiger partial charge on any atom is 0.261 e. The molecule has 1 aromatic heterocycles. The maximum atomic E-state index is 13.8. The predicted octanol–water partition coefficient (Wildman–Crippen LogP) is 9.73. The van der Waals surface area contributed by atoms with Crippen LogP contribution in [-0.4, -0.2) is 56.6 Å². The Morgan fingerprint density at radius 3 is 1.71 bits per heavy atom. The molecule has 3 N–H and O–H groups in total. The second-order valence-electron chi connectivity index (χ2n) is 19.3. The van der Waals surface area contributed by atoms with Crippen molar-refractivity contribution in [3.8, 4) is 10.4 Å². The Labute approximate surface area is 390 Å². The molecule has 0 amide bonds. The van der Waals surface area contributed by atoms with Gasteiger partial charge in [0.15, 0.2) is 0 Å². The zero-order valence-electron chi connectivity index (χ0n) is 38.2. The van der Waals surface area contributed by atoms with Crippen LogP contribution in [0.3, 0.4) is 0 Å². The Morgan fingerprint density at radius 2 is 1.20 bits per heavy atom. The first-order chi connectivity index (χ1) is 31.2. The van der Waals surface area contributed by atoms with E-state index in [2.05, 4.69) is 96.1 Å². The van der Waals surface area contributed by atoms with Gasteiger partial charge in [-0.05, 0) is 90.7 Å². The molecule has 7 aromatic rings. The molecule has 336 valence electrons. The third-order valence-electron chi connectivity index (χ3n) is 13.7. The largest absolute Gasteiger partial charge is 0.424 e. The molecule has 0 spiro atoms. The third kappa shape index (κ3) is 9.18. The van der Waals surface area contributed by atoms with Crippen molar-refractivity contribution in [3.05, 3.63) is 203 Å². The number of rotatable bonds is 14. The molecule has 0 saturated carbocycles. The predicted molar refractivity (Wildman–Crippen MR) is 269 cm³/mol. The van der Waals surface area contributed by atoms with E-state index in [1.54, 1.807) is 11.3 Å². The summed E-state index contributed by atoms with van der Waals surface area (Å²) in [7, 11) is -6.83. The normalized spacial score (nSPS) is 19.6. The van der Waals surface area contributed by atoms with Crippen molar-refractivity contribution in [2.45, 2.75) is 88.9 Å². The highest BCUT2D eigenvalue weighted by molar-refractivity contribution is 7.15. The summed E-state index contributed by atoms with van der Waals surface area (Å²) in [5, 5.41) is 27.5. The highest BCUT2D eigenvalue weighted by Crippen LogP contribution is 2.51. The van der Waals surface area contributed by atoms with Crippen molar-refractivity contribution in [2.75, 3.05) is 6.61 Å². The maximum absolute atomic E-state index is 13.8. The second-order valence-corrected chi connectivity index (χ2v) is 28.7. The van der Waals surface area contributed by atoms with Crippen molar-refractivity contribution in [1.29, 1.82) is 0 Å². The monoisotopic (exact) mass is 920 g/mol. The average molecular weight is 921 g/mol. The van der Waals surface area contributed by atoms with E-state index in [0.29, 0.717) is 12.8 Å². The van der Waals surface area contributed by atoms with Gasteiger partial charge in [-0.3, -0.25) is 0 Å². The van der Waals surface area contributed by atoms with Gasteiger partial charge in [0.25, 0.3) is 16.6 Å². The van der Waals surface area contributed by atoms with Gasteiger partial charge in [-0.2, -0.15) is 0 Å². The highest BCUT2D eigenvalue weighted by atomic mass is 32.1. The molecule has 6 aromatic carbocycles. The van der Waals surface area contributed by atoms with E-state index < -0.39 is 57.0 Å². The molecule has 0 aliphatic carbocycles. The van der Waals surface area contributed by atoms with Gasteiger partial charge in [0.2, 0.25) is 0 Å². The van der Waals surface area contributed by atoms with Gasteiger partial charge in [-0.1, -0.05) is 186 Å². The van der Waals surface area contributed by atoms with Gasteiger partial charge in [-0.25, -0.2) is 4.39 Å². The number of aliphatic hydroxyl groups is 2. The highest BCUT2D eigenvalue weighted by Gasteiger charge is 2.58. The summed E-state index contributed by atoms with van der Waals surface area (Å²) in [6, 6.07) is 58.0. The van der Waals surface area contributed by atoms with Gasteiger partial charge in [0.1, 0.15) is 18.0 Å². The smallest absolute Gasteiger partial charge is 0.261 e. The van der Waals surface area contributed by atoms with Crippen LogP contribution < -0.4 is 20.7 Å². The Morgan fingerprint density at radius 1 is 0.677 bits per heavy atom. The SMILES string of the molecule is Cc1ccc([C@@H]2O[C@H](CO)C(O[Si](c3ccccc3)(c3ccccc3)C(C)(C)C)[C@H](O)C2CC(C)(C)[Si](O)(c2ccccc2)c2ccccc2)cc1Cc1ccc(-c2ccc(F)cc2)s1. The van der Waals surface area contributed by atoms with Crippen molar-refractivity contribution < 1.29 is 28.6 Å². The number of aliphatic hydroxyl groups excluding tert-OH is 2. The Bertz CT molecular complexity index is 2560.